The van der Waals surface area contributed by atoms with E-state index >= 15 is 0 Å². The zero-order valence-corrected chi connectivity index (χ0v) is 7.37. The van der Waals surface area contributed by atoms with E-state index in [1.807, 2.05) is 13.8 Å². The smallest absolute Gasteiger partial charge is 0.181 e. The highest BCUT2D eigenvalue weighted by Gasteiger charge is 2.18. The van der Waals surface area contributed by atoms with Crippen molar-refractivity contribution in [3.05, 3.63) is 24.0 Å². The lowest BCUT2D eigenvalue weighted by molar-refractivity contribution is 0.0941. The molecule has 0 radical (unpaired) electrons. The molecule has 1 aromatic heterocycles. The number of H-pyrrole nitrogens is 1. The predicted octanol–water partition coefficient (Wildman–Crippen LogP) is 1.18. The Morgan fingerprint density at radius 2 is 2.25 bits per heavy atom. The van der Waals surface area contributed by atoms with Crippen molar-refractivity contribution in [1.29, 1.82) is 0 Å². The van der Waals surface area contributed by atoms with E-state index in [1.54, 1.807) is 18.5 Å². The highest BCUT2D eigenvalue weighted by atomic mass is 16.1. The van der Waals surface area contributed by atoms with Gasteiger partial charge in [-0.1, -0.05) is 13.8 Å². The molecule has 1 heterocycles. The molecule has 3 N–H and O–H groups in total. The van der Waals surface area contributed by atoms with Gasteiger partial charge in [-0.15, -0.1) is 0 Å². The molecule has 0 unspecified atom stereocenters. The highest BCUT2D eigenvalue weighted by molar-refractivity contribution is 5.99. The fraction of sp³-hybridized carbons (Fsp3) is 0.444. The van der Waals surface area contributed by atoms with Crippen LogP contribution in [0.15, 0.2) is 18.5 Å². The second-order valence-electron chi connectivity index (χ2n) is 3.23. The van der Waals surface area contributed by atoms with Crippen molar-refractivity contribution in [2.45, 2.75) is 19.9 Å². The molecular weight excluding hydrogens is 152 g/mol. The third-order valence-corrected chi connectivity index (χ3v) is 1.90. The summed E-state index contributed by atoms with van der Waals surface area (Å²) in [5, 5.41) is 0. The van der Waals surface area contributed by atoms with Gasteiger partial charge in [-0.25, -0.2) is 0 Å². The van der Waals surface area contributed by atoms with Crippen LogP contribution in [-0.2, 0) is 0 Å². The monoisotopic (exact) mass is 166 g/mol. The molecule has 12 heavy (non-hydrogen) atoms. The molecule has 0 saturated heterocycles. The number of aromatic nitrogens is 1. The van der Waals surface area contributed by atoms with E-state index in [9.17, 15) is 4.79 Å². The minimum Gasteiger partial charge on any atom is -0.367 e. The molecule has 0 aliphatic rings. The zero-order valence-electron chi connectivity index (χ0n) is 7.37. The molecular formula is C9H14N2O. The summed E-state index contributed by atoms with van der Waals surface area (Å²) in [4.78, 5) is 14.3. The predicted molar refractivity (Wildman–Crippen MR) is 47.9 cm³/mol. The number of carbonyl (C=O) groups excluding carboxylic acids is 1. The summed E-state index contributed by atoms with van der Waals surface area (Å²) < 4.78 is 0. The quantitative estimate of drug-likeness (QED) is 0.662. The average Bonchev–Trinajstić information content (AvgIpc) is 2.53. The number of carbonyl (C=O) groups is 1. The summed E-state index contributed by atoms with van der Waals surface area (Å²) in [6.07, 6.45) is 3.39. The number of aromatic amines is 1. The fourth-order valence-corrected chi connectivity index (χ4v) is 0.972. The summed E-state index contributed by atoms with van der Waals surface area (Å²) in [7, 11) is 0. The van der Waals surface area contributed by atoms with E-state index < -0.39 is 0 Å². The molecule has 0 aromatic carbocycles. The third-order valence-electron chi connectivity index (χ3n) is 1.90. The van der Waals surface area contributed by atoms with Gasteiger partial charge in [-0.05, 0) is 12.0 Å². The molecule has 3 heteroatoms. The molecule has 0 bridgehead atoms. The fourth-order valence-electron chi connectivity index (χ4n) is 0.972. The minimum atomic E-state index is -0.388. The molecule has 0 aliphatic heterocycles. The van der Waals surface area contributed by atoms with Crippen LogP contribution in [0.4, 0.5) is 0 Å². The molecule has 0 amide bonds. The van der Waals surface area contributed by atoms with Crippen molar-refractivity contribution < 1.29 is 4.79 Å². The Labute approximate surface area is 72.0 Å². The van der Waals surface area contributed by atoms with Gasteiger partial charge in [0.25, 0.3) is 0 Å². The lowest BCUT2D eigenvalue weighted by atomic mass is 9.98. The normalized spacial score (nSPS) is 13.3. The summed E-state index contributed by atoms with van der Waals surface area (Å²) in [6.45, 7) is 3.88. The maximum absolute atomic E-state index is 11.5. The SMILES string of the molecule is CC(C)[C@H](N)C(=O)c1cc[nH]c1. The molecule has 0 fully saturated rings. The first-order valence-electron chi connectivity index (χ1n) is 4.05. The number of Topliss-reactive ketones (excluding diaryl/α,β-unsaturated/α-hetero) is 1. The van der Waals surface area contributed by atoms with Crippen LogP contribution in [0.25, 0.3) is 0 Å². The van der Waals surface area contributed by atoms with Crippen LogP contribution in [-0.4, -0.2) is 16.8 Å². The lowest BCUT2D eigenvalue weighted by Crippen LogP contribution is -2.35. The number of hydrogen-bond acceptors (Lipinski definition) is 2. The van der Waals surface area contributed by atoms with Crippen LogP contribution in [0.5, 0.6) is 0 Å². The largest absolute Gasteiger partial charge is 0.367 e. The minimum absolute atomic E-state index is 0.00579. The summed E-state index contributed by atoms with van der Waals surface area (Å²) in [5.74, 6) is 0.193. The topological polar surface area (TPSA) is 58.9 Å². The van der Waals surface area contributed by atoms with E-state index in [0.717, 1.165) is 0 Å². The van der Waals surface area contributed by atoms with Crippen LogP contribution in [0, 0.1) is 5.92 Å². The second kappa shape index (κ2) is 3.54. The standard InChI is InChI=1S/C9H14N2O/c1-6(2)8(10)9(12)7-3-4-11-5-7/h3-6,8,11H,10H2,1-2H3/t8-/m0/s1. The van der Waals surface area contributed by atoms with Gasteiger partial charge < -0.3 is 10.7 Å². The van der Waals surface area contributed by atoms with Crippen molar-refractivity contribution in [3.63, 3.8) is 0 Å². The molecule has 66 valence electrons. The molecule has 0 aliphatic carbocycles. The maximum atomic E-state index is 11.5. The number of rotatable bonds is 3. The molecule has 1 atom stereocenters. The van der Waals surface area contributed by atoms with Gasteiger partial charge in [-0.2, -0.15) is 0 Å². The Hall–Kier alpha value is -1.09. The average molecular weight is 166 g/mol. The van der Waals surface area contributed by atoms with Crippen molar-refractivity contribution in [1.82, 2.24) is 4.98 Å². The maximum Gasteiger partial charge on any atom is 0.181 e. The van der Waals surface area contributed by atoms with Crippen LogP contribution in [0.3, 0.4) is 0 Å². The molecule has 1 rings (SSSR count). The summed E-state index contributed by atoms with van der Waals surface area (Å²) in [6, 6.07) is 1.35. The third kappa shape index (κ3) is 1.74. The van der Waals surface area contributed by atoms with Crippen LogP contribution >= 0.6 is 0 Å². The Morgan fingerprint density at radius 1 is 1.58 bits per heavy atom. The molecule has 0 saturated carbocycles. The Bertz CT molecular complexity index is 252. The van der Waals surface area contributed by atoms with Crippen molar-refractivity contribution >= 4 is 5.78 Å². The van der Waals surface area contributed by atoms with Crippen molar-refractivity contribution in [2.24, 2.45) is 11.7 Å². The Balaban J connectivity index is 2.72. The van der Waals surface area contributed by atoms with Gasteiger partial charge in [0.1, 0.15) is 0 Å². The first-order valence-corrected chi connectivity index (χ1v) is 4.05. The number of nitrogens with two attached hydrogens (primary N) is 1. The first kappa shape index (κ1) is 9.00. The van der Waals surface area contributed by atoms with Gasteiger partial charge in [-0.3, -0.25) is 4.79 Å². The lowest BCUT2D eigenvalue weighted by Gasteiger charge is -2.12. The van der Waals surface area contributed by atoms with Crippen LogP contribution in [0.2, 0.25) is 0 Å². The van der Waals surface area contributed by atoms with E-state index in [1.165, 1.54) is 0 Å². The molecule has 3 nitrogen and oxygen atoms in total. The highest BCUT2D eigenvalue weighted by Crippen LogP contribution is 2.07. The molecule has 0 spiro atoms. The molecule has 1 aromatic rings. The summed E-state index contributed by atoms with van der Waals surface area (Å²) in [5.41, 5.74) is 6.35. The van der Waals surface area contributed by atoms with Gasteiger partial charge in [0.15, 0.2) is 5.78 Å². The van der Waals surface area contributed by atoms with E-state index in [-0.39, 0.29) is 17.7 Å². The van der Waals surface area contributed by atoms with Gasteiger partial charge in [0.05, 0.1) is 6.04 Å². The van der Waals surface area contributed by atoms with Crippen molar-refractivity contribution in [3.8, 4) is 0 Å². The Kier molecular flexibility index (Phi) is 2.65. The van der Waals surface area contributed by atoms with Crippen LogP contribution < -0.4 is 5.73 Å². The van der Waals surface area contributed by atoms with Gasteiger partial charge >= 0.3 is 0 Å². The van der Waals surface area contributed by atoms with Crippen molar-refractivity contribution in [2.75, 3.05) is 0 Å². The second-order valence-corrected chi connectivity index (χ2v) is 3.23. The Morgan fingerprint density at radius 3 is 2.67 bits per heavy atom. The number of nitrogens with one attached hydrogen (secondary N) is 1. The number of ketones is 1. The summed E-state index contributed by atoms with van der Waals surface area (Å²) >= 11 is 0. The van der Waals surface area contributed by atoms with E-state index in [0.29, 0.717) is 5.56 Å². The van der Waals surface area contributed by atoms with Gasteiger partial charge in [0.2, 0.25) is 0 Å². The first-order chi connectivity index (χ1) is 5.63. The van der Waals surface area contributed by atoms with Gasteiger partial charge in [0, 0.05) is 18.0 Å². The zero-order chi connectivity index (χ0) is 9.14. The van der Waals surface area contributed by atoms with E-state index in [4.69, 9.17) is 5.73 Å². The van der Waals surface area contributed by atoms with E-state index in [2.05, 4.69) is 4.98 Å². The number of hydrogen-bond donors (Lipinski definition) is 2. The van der Waals surface area contributed by atoms with Crippen LogP contribution in [0.1, 0.15) is 24.2 Å².